The average molecular weight is 346 g/mol. The van der Waals surface area contributed by atoms with Crippen LogP contribution in [0.2, 0.25) is 0 Å². The first-order valence-corrected chi connectivity index (χ1v) is 9.29. The van der Waals surface area contributed by atoms with Crippen LogP contribution in [0.4, 0.5) is 4.39 Å². The molecule has 5 heteroatoms. The molecule has 3 rings (SSSR count). The molecule has 1 heterocycles. The van der Waals surface area contributed by atoms with Crippen molar-refractivity contribution < 1.29 is 13.9 Å². The van der Waals surface area contributed by atoms with E-state index in [0.29, 0.717) is 10.3 Å². The summed E-state index contributed by atoms with van der Waals surface area (Å²) in [6.07, 6.45) is 2.94. The quantitative estimate of drug-likeness (QED) is 0.446. The van der Waals surface area contributed by atoms with Crippen LogP contribution in [0, 0.1) is 5.82 Å². The molecule has 0 aromatic heterocycles. The van der Waals surface area contributed by atoms with Crippen LogP contribution in [0.3, 0.4) is 0 Å². The Bertz CT molecular complexity index is 690. The molecule has 0 unspecified atom stereocenters. The van der Waals surface area contributed by atoms with Crippen molar-refractivity contribution in [1.29, 1.82) is 0 Å². The van der Waals surface area contributed by atoms with Gasteiger partial charge in [-0.15, -0.1) is 23.5 Å². The Morgan fingerprint density at radius 2 is 1.70 bits per heavy atom. The molecule has 23 heavy (non-hydrogen) atoms. The molecule has 0 amide bonds. The van der Waals surface area contributed by atoms with Crippen molar-refractivity contribution in [2.75, 3.05) is 11.5 Å². The Labute approximate surface area is 143 Å². The third-order valence-corrected chi connectivity index (χ3v) is 6.38. The lowest BCUT2D eigenvalue weighted by Gasteiger charge is -2.08. The highest BCUT2D eigenvalue weighted by atomic mass is 32.2. The van der Waals surface area contributed by atoms with Gasteiger partial charge in [-0.05, 0) is 41.5 Å². The molecule has 1 fully saturated rings. The molecule has 0 spiro atoms. The van der Waals surface area contributed by atoms with Crippen LogP contribution in [-0.2, 0) is 4.79 Å². The van der Waals surface area contributed by atoms with Gasteiger partial charge in [0.2, 0.25) is 0 Å². The third-order valence-electron chi connectivity index (χ3n) is 3.27. The Balaban J connectivity index is 1.57. The number of hydrogen-bond acceptors (Lipinski definition) is 4. The second kappa shape index (κ2) is 7.70. The van der Waals surface area contributed by atoms with Gasteiger partial charge in [-0.3, -0.25) is 0 Å². The highest BCUT2D eigenvalue weighted by molar-refractivity contribution is 8.19. The predicted octanol–water partition coefficient (Wildman–Crippen LogP) is 4.92. The number of carbonyl (C=O) groups excluding carboxylic acids is 1. The van der Waals surface area contributed by atoms with Gasteiger partial charge < -0.3 is 4.74 Å². The molecule has 1 aliphatic rings. The second-order valence-electron chi connectivity index (χ2n) is 4.95. The number of esters is 1. The molecule has 0 bridgehead atoms. The Morgan fingerprint density at radius 1 is 1.04 bits per heavy atom. The van der Waals surface area contributed by atoms with Crippen molar-refractivity contribution in [2.45, 2.75) is 4.58 Å². The van der Waals surface area contributed by atoms with Crippen LogP contribution in [0.5, 0.6) is 5.75 Å². The van der Waals surface area contributed by atoms with Crippen LogP contribution in [0.1, 0.15) is 15.7 Å². The first-order valence-electron chi connectivity index (χ1n) is 7.19. The number of thioether (sulfide) groups is 2. The second-order valence-corrected chi connectivity index (χ2v) is 7.67. The van der Waals surface area contributed by atoms with Gasteiger partial charge in [0.05, 0.1) is 4.58 Å². The zero-order chi connectivity index (χ0) is 16.1. The molecule has 0 N–H and O–H groups in total. The zero-order valence-electron chi connectivity index (χ0n) is 12.3. The minimum Gasteiger partial charge on any atom is -0.423 e. The molecule has 1 aliphatic heterocycles. The van der Waals surface area contributed by atoms with E-state index in [-0.39, 0.29) is 5.82 Å². The van der Waals surface area contributed by atoms with Gasteiger partial charge in [-0.2, -0.15) is 0 Å². The first-order chi connectivity index (χ1) is 11.2. The van der Waals surface area contributed by atoms with Gasteiger partial charge in [-0.1, -0.05) is 24.3 Å². The molecule has 0 saturated carbocycles. The summed E-state index contributed by atoms with van der Waals surface area (Å²) in [6, 6.07) is 13.5. The molecule has 0 radical (unpaired) electrons. The molecule has 2 nitrogen and oxygen atoms in total. The normalized spacial score (nSPS) is 15.2. The molecule has 2 aromatic carbocycles. The fraction of sp³-hybridized carbons (Fsp3) is 0.167. The van der Waals surface area contributed by atoms with Gasteiger partial charge >= 0.3 is 5.97 Å². The lowest BCUT2D eigenvalue weighted by molar-refractivity contribution is -0.128. The van der Waals surface area contributed by atoms with Crippen molar-refractivity contribution in [3.63, 3.8) is 0 Å². The molecule has 0 aliphatic carbocycles. The molecule has 2 aromatic rings. The number of rotatable bonds is 4. The maximum atomic E-state index is 12.8. The fourth-order valence-corrected chi connectivity index (χ4v) is 4.99. The highest BCUT2D eigenvalue weighted by Crippen LogP contribution is 2.45. The number of benzene rings is 2. The number of hydrogen-bond donors (Lipinski definition) is 0. The number of ether oxygens (including phenoxy) is 1. The van der Waals surface area contributed by atoms with Crippen LogP contribution < -0.4 is 4.74 Å². The smallest absolute Gasteiger partial charge is 0.336 e. The first kappa shape index (κ1) is 16.1. The minimum atomic E-state index is -0.452. The van der Waals surface area contributed by atoms with Gasteiger partial charge in [-0.25, -0.2) is 9.18 Å². The van der Waals surface area contributed by atoms with Crippen LogP contribution in [0.15, 0.2) is 54.6 Å². The topological polar surface area (TPSA) is 26.3 Å². The molecule has 0 atom stereocenters. The van der Waals surface area contributed by atoms with E-state index < -0.39 is 5.97 Å². The van der Waals surface area contributed by atoms with Crippen molar-refractivity contribution in [3.05, 3.63) is 71.6 Å². The van der Waals surface area contributed by atoms with Crippen LogP contribution in [-0.4, -0.2) is 17.5 Å². The van der Waals surface area contributed by atoms with E-state index in [4.69, 9.17) is 4.74 Å². The van der Waals surface area contributed by atoms with Crippen molar-refractivity contribution in [1.82, 2.24) is 0 Å². The Hall–Kier alpha value is -1.72. The van der Waals surface area contributed by atoms with Gasteiger partial charge in [0.25, 0.3) is 0 Å². The molecule has 118 valence electrons. The van der Waals surface area contributed by atoms with Gasteiger partial charge in [0.1, 0.15) is 11.6 Å². The van der Waals surface area contributed by atoms with E-state index in [1.165, 1.54) is 35.3 Å². The van der Waals surface area contributed by atoms with E-state index in [0.717, 1.165) is 5.56 Å². The number of carbonyl (C=O) groups is 1. The summed E-state index contributed by atoms with van der Waals surface area (Å²) >= 11 is 3.88. The van der Waals surface area contributed by atoms with Crippen molar-refractivity contribution in [3.8, 4) is 5.75 Å². The fourth-order valence-electron chi connectivity index (χ4n) is 2.13. The molecular formula is C18H15FO2S2. The van der Waals surface area contributed by atoms with E-state index in [1.807, 2.05) is 47.8 Å². The van der Waals surface area contributed by atoms with E-state index in [2.05, 4.69) is 0 Å². The van der Waals surface area contributed by atoms with Crippen molar-refractivity contribution in [2.24, 2.45) is 0 Å². The maximum Gasteiger partial charge on any atom is 0.336 e. The summed E-state index contributed by atoms with van der Waals surface area (Å²) in [5.74, 6) is 2.13. The van der Waals surface area contributed by atoms with Crippen molar-refractivity contribution >= 4 is 35.6 Å². The Kier molecular flexibility index (Phi) is 5.41. The summed E-state index contributed by atoms with van der Waals surface area (Å²) in [6.45, 7) is 0. The SMILES string of the molecule is O=C(/C=C/c1ccc(F)cc1)Oc1ccc(C2SCCS2)cc1. The van der Waals surface area contributed by atoms with E-state index in [1.54, 1.807) is 18.2 Å². The zero-order valence-corrected chi connectivity index (χ0v) is 13.9. The summed E-state index contributed by atoms with van der Waals surface area (Å²) in [7, 11) is 0. The van der Waals surface area contributed by atoms with Gasteiger partial charge in [0, 0.05) is 17.6 Å². The van der Waals surface area contributed by atoms with Gasteiger partial charge in [0.15, 0.2) is 0 Å². The average Bonchev–Trinajstić information content (AvgIpc) is 3.09. The standard InChI is InChI=1S/C18H15FO2S2/c19-15-6-1-13(2-7-15)3-10-17(20)21-16-8-4-14(5-9-16)18-22-11-12-23-18/h1-10,18H,11-12H2/b10-3+. The lowest BCUT2D eigenvalue weighted by atomic mass is 10.2. The minimum absolute atomic E-state index is 0.302. The summed E-state index contributed by atoms with van der Waals surface area (Å²) in [5, 5.41) is 0. The summed E-state index contributed by atoms with van der Waals surface area (Å²) in [5.41, 5.74) is 1.99. The predicted molar refractivity (Wildman–Crippen MR) is 95.2 cm³/mol. The Morgan fingerprint density at radius 3 is 2.35 bits per heavy atom. The van der Waals surface area contributed by atoms with E-state index in [9.17, 15) is 9.18 Å². The number of halogens is 1. The third kappa shape index (κ3) is 4.62. The summed E-state index contributed by atoms with van der Waals surface area (Å²) in [4.78, 5) is 11.8. The molecule has 1 saturated heterocycles. The maximum absolute atomic E-state index is 12.8. The van der Waals surface area contributed by atoms with Crippen LogP contribution >= 0.6 is 23.5 Å². The lowest BCUT2D eigenvalue weighted by Crippen LogP contribution is -2.03. The van der Waals surface area contributed by atoms with Crippen LogP contribution in [0.25, 0.3) is 6.08 Å². The van der Waals surface area contributed by atoms with E-state index >= 15 is 0 Å². The monoisotopic (exact) mass is 346 g/mol. The largest absolute Gasteiger partial charge is 0.423 e. The molecular weight excluding hydrogens is 331 g/mol. The summed E-state index contributed by atoms with van der Waals surface area (Å²) < 4.78 is 18.5. The highest BCUT2D eigenvalue weighted by Gasteiger charge is 2.18.